The highest BCUT2D eigenvalue weighted by molar-refractivity contribution is 6.43. The third kappa shape index (κ3) is 3.91. The van der Waals surface area contributed by atoms with Gasteiger partial charge in [0.05, 0.1) is 29.4 Å². The zero-order valence-corrected chi connectivity index (χ0v) is 19.3. The Kier molecular flexibility index (Phi) is 5.26. The van der Waals surface area contributed by atoms with E-state index >= 15 is 0 Å². The molecule has 2 aromatic rings. The van der Waals surface area contributed by atoms with Crippen molar-refractivity contribution < 1.29 is 22.4 Å². The van der Waals surface area contributed by atoms with Crippen LogP contribution in [0.1, 0.15) is 49.2 Å². The molecule has 4 aliphatic rings. The molecule has 1 saturated carbocycles. The molecule has 14 heteroatoms. The molecule has 1 amide bonds. The summed E-state index contributed by atoms with van der Waals surface area (Å²) < 4.78 is 51.7. The van der Waals surface area contributed by atoms with E-state index in [2.05, 4.69) is 35.7 Å². The summed E-state index contributed by atoms with van der Waals surface area (Å²) in [5.74, 6) is -0.219. The Bertz CT molecular complexity index is 1380. The van der Waals surface area contributed by atoms with Crippen LogP contribution in [0.3, 0.4) is 0 Å². The van der Waals surface area contributed by atoms with E-state index in [1.807, 2.05) is 0 Å². The van der Waals surface area contributed by atoms with E-state index in [4.69, 9.17) is 5.73 Å². The van der Waals surface area contributed by atoms with Crippen LogP contribution in [-0.4, -0.2) is 50.3 Å². The highest BCUT2D eigenvalue weighted by Crippen LogP contribution is 2.57. The molecule has 0 bridgehead atoms. The number of hydrazine groups is 1. The molecule has 0 saturated heterocycles. The number of nitrogens with zero attached hydrogens (tertiary/aromatic N) is 6. The summed E-state index contributed by atoms with van der Waals surface area (Å²) in [6, 6.07) is 2.71. The maximum absolute atomic E-state index is 13.6. The molecule has 10 nitrogen and oxygen atoms in total. The van der Waals surface area contributed by atoms with E-state index in [1.54, 1.807) is 11.2 Å². The molecule has 4 N–H and O–H groups in total. The number of amides is 1. The van der Waals surface area contributed by atoms with E-state index in [9.17, 15) is 22.4 Å². The molecule has 1 fully saturated rings. The maximum Gasteiger partial charge on any atom is 0.389 e. The zero-order chi connectivity index (χ0) is 25.9. The second-order valence-electron chi connectivity index (χ2n) is 9.26. The topological polar surface area (TPSA) is 134 Å². The maximum atomic E-state index is 13.6. The summed E-state index contributed by atoms with van der Waals surface area (Å²) in [4.78, 5) is 35.4. The molecule has 0 radical (unpaired) electrons. The van der Waals surface area contributed by atoms with Gasteiger partial charge in [-0.05, 0) is 43.7 Å². The van der Waals surface area contributed by atoms with Gasteiger partial charge in [0.25, 0.3) is 0 Å². The van der Waals surface area contributed by atoms with Crippen molar-refractivity contribution in [2.75, 3.05) is 17.7 Å². The molecular weight excluding hydrogens is 494 g/mol. The van der Waals surface area contributed by atoms with Gasteiger partial charge in [0.15, 0.2) is 11.7 Å². The van der Waals surface area contributed by atoms with Gasteiger partial charge in [-0.1, -0.05) is 0 Å². The number of fused-ring (bicyclic) bond motifs is 2. The average Bonchev–Trinajstić information content (AvgIpc) is 3.49. The third-order valence-electron chi connectivity index (χ3n) is 6.81. The number of hydrogen-bond acceptors (Lipinski definition) is 9. The Morgan fingerprint density at radius 3 is 2.73 bits per heavy atom. The molecule has 1 atom stereocenters. The number of nitrogens with two attached hydrogens (primary N) is 1. The minimum Gasteiger partial charge on any atom is -0.383 e. The molecule has 37 heavy (non-hydrogen) atoms. The van der Waals surface area contributed by atoms with Gasteiger partial charge < -0.3 is 11.1 Å². The fourth-order valence-electron chi connectivity index (χ4n) is 5.11. The Morgan fingerprint density at radius 1 is 1.22 bits per heavy atom. The summed E-state index contributed by atoms with van der Waals surface area (Å²) in [6.07, 6.45) is -1.17. The monoisotopic (exact) mass is 515 g/mol. The molecule has 1 aliphatic carbocycles. The number of halogens is 4. The number of carbonyl (C=O) groups is 1. The second-order valence-corrected chi connectivity index (χ2v) is 9.26. The predicted molar refractivity (Wildman–Crippen MR) is 125 cm³/mol. The van der Waals surface area contributed by atoms with E-state index in [-0.39, 0.29) is 54.5 Å². The predicted octanol–water partition coefficient (Wildman–Crippen LogP) is 2.90. The van der Waals surface area contributed by atoms with Gasteiger partial charge in [-0.25, -0.2) is 29.8 Å². The lowest BCUT2D eigenvalue weighted by Gasteiger charge is -2.27. The lowest BCUT2D eigenvalue weighted by molar-refractivity contribution is -0.135. The summed E-state index contributed by atoms with van der Waals surface area (Å²) in [5, 5.41) is 4.36. The first-order valence-corrected chi connectivity index (χ1v) is 11.7. The Labute approximate surface area is 207 Å². The lowest BCUT2D eigenvalue weighted by atomic mass is 9.74. The standard InChI is InChI=1S/C23H21F4N9O/c24-12-5-6-15(29-8-12)23(11-3-4-11)16-17(28)33-18(34-19(16)35-21(23)37)14-9-36-20(30-10-31-36)13(32-14)2-1-7-22(25,26)27/h5-6,8-9,11,31H,1-4,7,10H2,(H3,28,33,34,35,37). The molecule has 0 aromatic carbocycles. The molecule has 0 spiro atoms. The highest BCUT2D eigenvalue weighted by Gasteiger charge is 2.60. The number of hydrogen-bond donors (Lipinski definition) is 3. The number of anilines is 2. The zero-order valence-electron chi connectivity index (χ0n) is 19.3. The van der Waals surface area contributed by atoms with Gasteiger partial charge in [0, 0.05) is 6.42 Å². The molecule has 3 aliphatic heterocycles. The van der Waals surface area contributed by atoms with Crippen LogP contribution < -0.4 is 16.5 Å². The highest BCUT2D eigenvalue weighted by atomic mass is 19.4. The number of rotatable bonds is 6. The quantitative estimate of drug-likeness (QED) is 0.504. The first-order chi connectivity index (χ1) is 17.7. The van der Waals surface area contributed by atoms with Crippen LogP contribution in [0.4, 0.5) is 29.2 Å². The van der Waals surface area contributed by atoms with Crippen LogP contribution in [0.25, 0.3) is 5.70 Å². The Morgan fingerprint density at radius 2 is 2.03 bits per heavy atom. The third-order valence-corrected chi connectivity index (χ3v) is 6.81. The smallest absolute Gasteiger partial charge is 0.383 e. The summed E-state index contributed by atoms with van der Waals surface area (Å²) >= 11 is 0. The Hall–Kier alpha value is -3.94. The fourth-order valence-corrected chi connectivity index (χ4v) is 5.11. The van der Waals surface area contributed by atoms with Crippen LogP contribution in [-0.2, 0) is 10.2 Å². The van der Waals surface area contributed by atoms with E-state index in [1.165, 1.54) is 12.1 Å². The van der Waals surface area contributed by atoms with Crippen molar-refractivity contribution in [1.29, 1.82) is 0 Å². The number of pyridine rings is 1. The van der Waals surface area contributed by atoms with Crippen LogP contribution >= 0.6 is 0 Å². The van der Waals surface area contributed by atoms with Gasteiger partial charge in [0.2, 0.25) is 5.91 Å². The first kappa shape index (κ1) is 23.5. The van der Waals surface area contributed by atoms with Crippen molar-refractivity contribution in [1.82, 2.24) is 25.4 Å². The number of amidine groups is 1. The molecular formula is C23H21F4N9O. The van der Waals surface area contributed by atoms with E-state index in [0.29, 0.717) is 22.8 Å². The van der Waals surface area contributed by atoms with Crippen molar-refractivity contribution >= 4 is 34.8 Å². The minimum atomic E-state index is -4.27. The van der Waals surface area contributed by atoms with Gasteiger partial charge in [-0.2, -0.15) is 13.2 Å². The van der Waals surface area contributed by atoms with Crippen molar-refractivity contribution in [3.05, 3.63) is 47.4 Å². The average molecular weight is 515 g/mol. The van der Waals surface area contributed by atoms with Crippen molar-refractivity contribution in [2.45, 2.75) is 43.7 Å². The van der Waals surface area contributed by atoms with Gasteiger partial charge in [-0.15, -0.1) is 0 Å². The summed E-state index contributed by atoms with van der Waals surface area (Å²) in [6.45, 7) is 0.245. The molecule has 2 aromatic heterocycles. The summed E-state index contributed by atoms with van der Waals surface area (Å²) in [5.41, 5.74) is 9.53. The van der Waals surface area contributed by atoms with E-state index in [0.717, 1.165) is 19.0 Å². The number of aromatic nitrogens is 3. The van der Waals surface area contributed by atoms with E-state index < -0.39 is 23.8 Å². The van der Waals surface area contributed by atoms with Gasteiger partial charge in [-0.3, -0.25) is 14.8 Å². The number of carbonyl (C=O) groups excluding carboxylic acids is 1. The molecule has 6 rings (SSSR count). The van der Waals surface area contributed by atoms with Crippen molar-refractivity contribution in [2.24, 2.45) is 15.9 Å². The van der Waals surface area contributed by atoms with Crippen molar-refractivity contribution in [3.63, 3.8) is 0 Å². The van der Waals surface area contributed by atoms with Crippen molar-refractivity contribution in [3.8, 4) is 0 Å². The summed E-state index contributed by atoms with van der Waals surface area (Å²) in [7, 11) is 0. The number of nitrogen functional groups attached to an aromatic ring is 1. The Balaban J connectivity index is 1.39. The minimum absolute atomic E-state index is 0.0416. The lowest BCUT2D eigenvalue weighted by Crippen LogP contribution is -2.39. The largest absolute Gasteiger partial charge is 0.389 e. The van der Waals surface area contributed by atoms with Crippen LogP contribution in [0.5, 0.6) is 0 Å². The SMILES string of the molecule is Nc1nc(C2=CN3NCN=C3C(CCCC(F)(F)F)=N2)nc2c1C(c1ccc(F)cn1)(C1CC1)C(=O)N2. The number of nitrogens with one attached hydrogen (secondary N) is 2. The second kappa shape index (κ2) is 8.30. The van der Waals surface area contributed by atoms with Crippen LogP contribution in [0.2, 0.25) is 0 Å². The molecule has 5 heterocycles. The first-order valence-electron chi connectivity index (χ1n) is 11.7. The van der Waals surface area contributed by atoms with Crippen LogP contribution in [0.15, 0.2) is 34.5 Å². The molecule has 1 unspecified atom stereocenters. The number of alkyl halides is 3. The number of aliphatic imine (C=N–C) groups is 2. The van der Waals surface area contributed by atoms with Gasteiger partial charge >= 0.3 is 6.18 Å². The normalized spacial score (nSPS) is 22.8. The fraction of sp³-hybridized carbons (Fsp3) is 0.391. The van der Waals surface area contributed by atoms with Crippen LogP contribution in [0, 0.1) is 11.7 Å². The molecule has 192 valence electrons. The van der Waals surface area contributed by atoms with Gasteiger partial charge in [0.1, 0.15) is 35.2 Å².